The summed E-state index contributed by atoms with van der Waals surface area (Å²) >= 11 is 0. The topological polar surface area (TPSA) is 57.5 Å². The molecular weight excluding hydrogens is 228 g/mol. The Balaban J connectivity index is 2.75. The highest BCUT2D eigenvalue weighted by Gasteiger charge is 2.48. The van der Waals surface area contributed by atoms with Gasteiger partial charge in [0.05, 0.1) is 0 Å². The van der Waals surface area contributed by atoms with Gasteiger partial charge in [0.1, 0.15) is 0 Å². The monoisotopic (exact) mass is 256 g/mol. The number of aliphatic hydroxyl groups is 1. The smallest absolute Gasteiger partial charge is 0.336 e. The van der Waals surface area contributed by atoms with Gasteiger partial charge in [0.2, 0.25) is 0 Å². The lowest BCUT2D eigenvalue weighted by Gasteiger charge is -2.43. The summed E-state index contributed by atoms with van der Waals surface area (Å²) in [6.07, 6.45) is 3.69. The van der Waals surface area contributed by atoms with Crippen LogP contribution in [-0.4, -0.2) is 21.8 Å². The normalized spacial score (nSPS) is 29.1. The summed E-state index contributed by atoms with van der Waals surface area (Å²) in [7, 11) is 0. The Morgan fingerprint density at radius 3 is 1.72 bits per heavy atom. The molecule has 0 amide bonds. The highest BCUT2D eigenvalue weighted by molar-refractivity contribution is 5.78. The first-order valence-corrected chi connectivity index (χ1v) is 7.06. The summed E-state index contributed by atoms with van der Waals surface area (Å²) in [6, 6.07) is 0. The Bertz CT molecular complexity index is 295. The van der Waals surface area contributed by atoms with Gasteiger partial charge >= 0.3 is 5.97 Å². The van der Waals surface area contributed by atoms with Crippen LogP contribution in [0, 0.1) is 23.2 Å². The molecule has 3 heteroatoms. The van der Waals surface area contributed by atoms with Crippen LogP contribution in [0.4, 0.5) is 0 Å². The van der Waals surface area contributed by atoms with E-state index in [-0.39, 0.29) is 17.3 Å². The van der Waals surface area contributed by atoms with Gasteiger partial charge in [-0.15, -0.1) is 0 Å². The van der Waals surface area contributed by atoms with E-state index in [4.69, 9.17) is 0 Å². The maximum atomic E-state index is 11.4. The molecule has 1 fully saturated rings. The van der Waals surface area contributed by atoms with Crippen molar-refractivity contribution in [2.24, 2.45) is 23.2 Å². The van der Waals surface area contributed by atoms with E-state index in [0.29, 0.717) is 5.92 Å². The first-order chi connectivity index (χ1) is 8.10. The fourth-order valence-electron chi connectivity index (χ4n) is 3.29. The highest BCUT2D eigenvalue weighted by Crippen LogP contribution is 2.44. The van der Waals surface area contributed by atoms with Crippen molar-refractivity contribution in [1.82, 2.24) is 0 Å². The first-order valence-electron chi connectivity index (χ1n) is 7.06. The highest BCUT2D eigenvalue weighted by atomic mass is 16.4. The molecule has 18 heavy (non-hydrogen) atoms. The molecule has 0 aromatic rings. The molecule has 1 aliphatic rings. The molecule has 0 aliphatic heterocycles. The summed E-state index contributed by atoms with van der Waals surface area (Å²) in [5.74, 6) is -0.768. The van der Waals surface area contributed by atoms with Crippen molar-refractivity contribution in [2.75, 3.05) is 0 Å². The van der Waals surface area contributed by atoms with Gasteiger partial charge in [0.15, 0.2) is 5.60 Å². The lowest BCUT2D eigenvalue weighted by molar-refractivity contribution is -0.174. The second-order valence-electron chi connectivity index (χ2n) is 7.20. The van der Waals surface area contributed by atoms with Gasteiger partial charge in [-0.3, -0.25) is 0 Å². The lowest BCUT2D eigenvalue weighted by atomic mass is 9.64. The third-order valence-electron chi connectivity index (χ3n) is 4.80. The lowest BCUT2D eigenvalue weighted by Crippen LogP contribution is -2.51. The van der Waals surface area contributed by atoms with Crippen LogP contribution in [0.15, 0.2) is 0 Å². The van der Waals surface area contributed by atoms with E-state index in [1.165, 1.54) is 0 Å². The summed E-state index contributed by atoms with van der Waals surface area (Å²) in [5, 5.41) is 19.8. The summed E-state index contributed by atoms with van der Waals surface area (Å²) in [6.45, 7) is 10.3. The van der Waals surface area contributed by atoms with Gasteiger partial charge < -0.3 is 10.2 Å². The number of hydrogen-bond donors (Lipinski definition) is 2. The Morgan fingerprint density at radius 2 is 1.44 bits per heavy atom. The molecule has 0 aromatic heterocycles. The molecular formula is C15H28O3. The van der Waals surface area contributed by atoms with E-state index in [1.54, 1.807) is 13.8 Å². The Hall–Kier alpha value is -0.570. The predicted octanol–water partition coefficient (Wildman–Crippen LogP) is 3.31. The molecule has 0 radical (unpaired) electrons. The fourth-order valence-corrected chi connectivity index (χ4v) is 3.29. The van der Waals surface area contributed by atoms with Crippen molar-refractivity contribution >= 4 is 5.97 Å². The molecule has 1 saturated carbocycles. The minimum absolute atomic E-state index is 0.103. The van der Waals surface area contributed by atoms with Crippen molar-refractivity contribution in [3.8, 4) is 0 Å². The number of carbonyl (C=O) groups is 1. The van der Waals surface area contributed by atoms with Gasteiger partial charge in [-0.2, -0.15) is 0 Å². The standard InChI is InChI=1S/C15H28O3/c1-10(2)15(18,13(16)17)12-8-6-11(7-9-12)14(3,4)5/h10-12,18H,6-9H2,1-5H3,(H,16,17). The number of hydrogen-bond acceptors (Lipinski definition) is 2. The molecule has 0 spiro atoms. The predicted molar refractivity (Wildman–Crippen MR) is 72.3 cm³/mol. The van der Waals surface area contributed by atoms with E-state index in [1.807, 2.05) is 0 Å². The number of carboxylic acids is 1. The van der Waals surface area contributed by atoms with E-state index < -0.39 is 11.6 Å². The zero-order chi connectivity index (χ0) is 14.1. The molecule has 1 rings (SSSR count). The SMILES string of the molecule is CC(C)C(O)(C(=O)O)C1CCC(C(C)(C)C)CC1. The average molecular weight is 256 g/mol. The van der Waals surface area contributed by atoms with Crippen LogP contribution < -0.4 is 0 Å². The third kappa shape index (κ3) is 2.87. The van der Waals surface area contributed by atoms with Crippen LogP contribution in [0.3, 0.4) is 0 Å². The van der Waals surface area contributed by atoms with Crippen molar-refractivity contribution in [2.45, 2.75) is 65.9 Å². The Kier molecular flexibility index (Phi) is 4.47. The summed E-state index contributed by atoms with van der Waals surface area (Å²) < 4.78 is 0. The second-order valence-corrected chi connectivity index (χ2v) is 7.20. The molecule has 106 valence electrons. The first kappa shape index (κ1) is 15.5. The van der Waals surface area contributed by atoms with Gasteiger partial charge in [-0.25, -0.2) is 4.79 Å². The van der Waals surface area contributed by atoms with Crippen LogP contribution in [0.5, 0.6) is 0 Å². The van der Waals surface area contributed by atoms with Crippen LogP contribution in [0.1, 0.15) is 60.3 Å². The molecule has 0 heterocycles. The molecule has 1 unspecified atom stereocenters. The molecule has 0 bridgehead atoms. The minimum Gasteiger partial charge on any atom is -0.479 e. The van der Waals surface area contributed by atoms with Crippen molar-refractivity contribution in [3.63, 3.8) is 0 Å². The molecule has 1 aliphatic carbocycles. The van der Waals surface area contributed by atoms with Crippen LogP contribution in [-0.2, 0) is 4.79 Å². The van der Waals surface area contributed by atoms with Gasteiger partial charge in [0, 0.05) is 0 Å². The maximum absolute atomic E-state index is 11.4. The van der Waals surface area contributed by atoms with Crippen LogP contribution in [0.2, 0.25) is 0 Å². The number of carboxylic acid groups (broad SMARTS) is 1. The van der Waals surface area contributed by atoms with E-state index in [9.17, 15) is 15.0 Å². The largest absolute Gasteiger partial charge is 0.479 e. The van der Waals surface area contributed by atoms with Crippen LogP contribution >= 0.6 is 0 Å². The van der Waals surface area contributed by atoms with Gasteiger partial charge in [0.25, 0.3) is 0 Å². The van der Waals surface area contributed by atoms with Crippen molar-refractivity contribution < 1.29 is 15.0 Å². The maximum Gasteiger partial charge on any atom is 0.336 e. The van der Waals surface area contributed by atoms with E-state index >= 15 is 0 Å². The average Bonchev–Trinajstić information content (AvgIpc) is 2.26. The van der Waals surface area contributed by atoms with E-state index in [0.717, 1.165) is 25.7 Å². The van der Waals surface area contributed by atoms with Crippen LogP contribution in [0.25, 0.3) is 0 Å². The zero-order valence-electron chi connectivity index (χ0n) is 12.4. The second kappa shape index (κ2) is 5.20. The zero-order valence-corrected chi connectivity index (χ0v) is 12.4. The molecule has 0 aromatic carbocycles. The molecule has 0 saturated heterocycles. The summed E-state index contributed by atoms with van der Waals surface area (Å²) in [4.78, 5) is 11.4. The molecule has 3 nitrogen and oxygen atoms in total. The Labute approximate surface area is 111 Å². The van der Waals surface area contributed by atoms with Crippen molar-refractivity contribution in [1.29, 1.82) is 0 Å². The van der Waals surface area contributed by atoms with Gasteiger partial charge in [-0.1, -0.05) is 34.6 Å². The minimum atomic E-state index is -1.55. The third-order valence-corrected chi connectivity index (χ3v) is 4.80. The van der Waals surface area contributed by atoms with E-state index in [2.05, 4.69) is 20.8 Å². The Morgan fingerprint density at radius 1 is 1.06 bits per heavy atom. The quantitative estimate of drug-likeness (QED) is 0.814. The summed E-state index contributed by atoms with van der Waals surface area (Å²) in [5.41, 5.74) is -1.27. The van der Waals surface area contributed by atoms with Gasteiger partial charge in [-0.05, 0) is 48.9 Å². The van der Waals surface area contributed by atoms with Crippen molar-refractivity contribution in [3.05, 3.63) is 0 Å². The number of rotatable bonds is 3. The number of aliphatic carboxylic acids is 1. The fraction of sp³-hybridized carbons (Fsp3) is 0.933. The molecule has 2 N–H and O–H groups in total. The molecule has 1 atom stereocenters.